The van der Waals surface area contributed by atoms with Gasteiger partial charge in [0, 0.05) is 38.3 Å². The molecule has 0 atom stereocenters. The van der Waals surface area contributed by atoms with Crippen LogP contribution in [-0.4, -0.2) is 37.0 Å². The SMILES string of the molecule is CCCCc1c(CN2CCNCC2)cccc1C(N)=O. The number of piperazine rings is 1. The van der Waals surface area contributed by atoms with Crippen molar-refractivity contribution >= 4 is 5.91 Å². The normalized spacial score (nSPS) is 16.2. The van der Waals surface area contributed by atoms with Crippen LogP contribution < -0.4 is 11.1 Å². The highest BCUT2D eigenvalue weighted by atomic mass is 16.1. The zero-order valence-corrected chi connectivity index (χ0v) is 12.3. The van der Waals surface area contributed by atoms with Gasteiger partial charge in [-0.3, -0.25) is 9.69 Å². The maximum Gasteiger partial charge on any atom is 0.248 e. The molecule has 20 heavy (non-hydrogen) atoms. The number of nitrogens with one attached hydrogen (secondary N) is 1. The Morgan fingerprint density at radius 1 is 1.35 bits per heavy atom. The van der Waals surface area contributed by atoms with Crippen molar-refractivity contribution in [1.82, 2.24) is 10.2 Å². The summed E-state index contributed by atoms with van der Waals surface area (Å²) in [6.45, 7) is 7.30. The number of hydrogen-bond donors (Lipinski definition) is 2. The monoisotopic (exact) mass is 275 g/mol. The van der Waals surface area contributed by atoms with E-state index in [1.165, 1.54) is 5.56 Å². The van der Waals surface area contributed by atoms with E-state index in [-0.39, 0.29) is 5.91 Å². The first-order valence-corrected chi connectivity index (χ1v) is 7.56. The molecule has 4 heteroatoms. The zero-order chi connectivity index (χ0) is 14.4. The molecule has 0 unspecified atom stereocenters. The molecule has 0 aliphatic carbocycles. The molecule has 1 aliphatic rings. The maximum atomic E-state index is 11.6. The van der Waals surface area contributed by atoms with Gasteiger partial charge in [0.25, 0.3) is 0 Å². The lowest BCUT2D eigenvalue weighted by atomic mass is 9.95. The fourth-order valence-corrected chi connectivity index (χ4v) is 2.77. The minimum Gasteiger partial charge on any atom is -0.366 e. The smallest absolute Gasteiger partial charge is 0.248 e. The molecule has 1 aromatic carbocycles. The molecule has 0 saturated carbocycles. The van der Waals surface area contributed by atoms with Crippen LogP contribution in [-0.2, 0) is 13.0 Å². The molecular formula is C16H25N3O. The van der Waals surface area contributed by atoms with Crippen LogP contribution in [0, 0.1) is 0 Å². The molecule has 1 heterocycles. The Hall–Kier alpha value is -1.39. The van der Waals surface area contributed by atoms with Gasteiger partial charge in [-0.1, -0.05) is 25.5 Å². The molecule has 3 N–H and O–H groups in total. The summed E-state index contributed by atoms with van der Waals surface area (Å²) < 4.78 is 0. The molecule has 0 bridgehead atoms. The van der Waals surface area contributed by atoms with Crippen LogP contribution in [0.4, 0.5) is 0 Å². The minimum absolute atomic E-state index is 0.307. The largest absolute Gasteiger partial charge is 0.366 e. The van der Waals surface area contributed by atoms with Gasteiger partial charge in [0.1, 0.15) is 0 Å². The average molecular weight is 275 g/mol. The number of carbonyl (C=O) groups is 1. The molecule has 2 rings (SSSR count). The third kappa shape index (κ3) is 3.81. The van der Waals surface area contributed by atoms with Crippen LogP contribution in [0.5, 0.6) is 0 Å². The van der Waals surface area contributed by atoms with Crippen LogP contribution in [0.25, 0.3) is 0 Å². The lowest BCUT2D eigenvalue weighted by molar-refractivity contribution is 0.0999. The van der Waals surface area contributed by atoms with E-state index in [2.05, 4.69) is 23.2 Å². The highest BCUT2D eigenvalue weighted by Gasteiger charge is 2.16. The van der Waals surface area contributed by atoms with Crippen LogP contribution in [0.1, 0.15) is 41.3 Å². The van der Waals surface area contributed by atoms with Crippen LogP contribution >= 0.6 is 0 Å². The van der Waals surface area contributed by atoms with E-state index < -0.39 is 0 Å². The number of primary amides is 1. The zero-order valence-electron chi connectivity index (χ0n) is 12.3. The summed E-state index contributed by atoms with van der Waals surface area (Å²) in [6, 6.07) is 5.95. The molecule has 0 spiro atoms. The first-order chi connectivity index (χ1) is 9.72. The van der Waals surface area contributed by atoms with Gasteiger partial charge in [0.2, 0.25) is 5.91 Å². The Bertz CT molecular complexity index is 453. The highest BCUT2D eigenvalue weighted by molar-refractivity contribution is 5.94. The van der Waals surface area contributed by atoms with Gasteiger partial charge in [-0.2, -0.15) is 0 Å². The standard InChI is InChI=1S/C16H25N3O/c1-2-3-6-14-13(5-4-7-15(14)16(17)20)12-19-10-8-18-9-11-19/h4-5,7,18H,2-3,6,8-12H2,1H3,(H2,17,20). The van der Waals surface area contributed by atoms with Gasteiger partial charge in [0.05, 0.1) is 0 Å². The number of nitrogens with two attached hydrogens (primary N) is 1. The van der Waals surface area contributed by atoms with E-state index in [0.29, 0.717) is 5.56 Å². The number of rotatable bonds is 6. The summed E-state index contributed by atoms with van der Waals surface area (Å²) in [5, 5.41) is 3.36. The van der Waals surface area contributed by atoms with Crippen molar-refractivity contribution in [3.8, 4) is 0 Å². The first-order valence-electron chi connectivity index (χ1n) is 7.56. The summed E-state index contributed by atoms with van der Waals surface area (Å²) in [5.41, 5.74) is 8.64. The quantitative estimate of drug-likeness (QED) is 0.828. The lowest BCUT2D eigenvalue weighted by Gasteiger charge is -2.28. The van der Waals surface area contributed by atoms with Gasteiger partial charge in [-0.05, 0) is 30.0 Å². The fraction of sp³-hybridized carbons (Fsp3) is 0.562. The summed E-state index contributed by atoms with van der Waals surface area (Å²) in [6.07, 6.45) is 3.16. The first kappa shape index (κ1) is 15.0. The summed E-state index contributed by atoms with van der Waals surface area (Å²) in [4.78, 5) is 14.1. The topological polar surface area (TPSA) is 58.4 Å². The minimum atomic E-state index is -0.307. The molecule has 1 saturated heterocycles. The second kappa shape index (κ2) is 7.41. The van der Waals surface area contributed by atoms with E-state index in [0.717, 1.165) is 57.5 Å². The van der Waals surface area contributed by atoms with Crippen LogP contribution in [0.3, 0.4) is 0 Å². The maximum absolute atomic E-state index is 11.6. The van der Waals surface area contributed by atoms with E-state index in [4.69, 9.17) is 5.73 Å². The number of hydrogen-bond acceptors (Lipinski definition) is 3. The van der Waals surface area contributed by atoms with Gasteiger partial charge >= 0.3 is 0 Å². The van der Waals surface area contributed by atoms with Crippen molar-refractivity contribution in [3.05, 3.63) is 34.9 Å². The summed E-state index contributed by atoms with van der Waals surface area (Å²) in [7, 11) is 0. The average Bonchev–Trinajstić information content (AvgIpc) is 2.46. The molecular weight excluding hydrogens is 250 g/mol. The highest BCUT2D eigenvalue weighted by Crippen LogP contribution is 2.19. The number of unbranched alkanes of at least 4 members (excludes halogenated alkanes) is 1. The van der Waals surface area contributed by atoms with E-state index >= 15 is 0 Å². The van der Waals surface area contributed by atoms with Crippen molar-refractivity contribution in [1.29, 1.82) is 0 Å². The molecule has 1 aromatic rings. The van der Waals surface area contributed by atoms with Crippen molar-refractivity contribution in [2.75, 3.05) is 26.2 Å². The Morgan fingerprint density at radius 2 is 2.10 bits per heavy atom. The van der Waals surface area contributed by atoms with Gasteiger partial charge < -0.3 is 11.1 Å². The molecule has 1 amide bonds. The Labute approximate surface area is 121 Å². The second-order valence-corrected chi connectivity index (χ2v) is 5.44. The molecule has 110 valence electrons. The predicted molar refractivity (Wildman–Crippen MR) is 81.7 cm³/mol. The lowest BCUT2D eigenvalue weighted by Crippen LogP contribution is -2.43. The molecule has 1 fully saturated rings. The van der Waals surface area contributed by atoms with Crippen molar-refractivity contribution in [2.24, 2.45) is 5.73 Å². The molecule has 0 radical (unpaired) electrons. The van der Waals surface area contributed by atoms with Crippen LogP contribution in [0.15, 0.2) is 18.2 Å². The van der Waals surface area contributed by atoms with E-state index in [9.17, 15) is 4.79 Å². The Morgan fingerprint density at radius 3 is 2.75 bits per heavy atom. The number of benzene rings is 1. The third-order valence-corrected chi connectivity index (χ3v) is 3.92. The van der Waals surface area contributed by atoms with Gasteiger partial charge in [-0.15, -0.1) is 0 Å². The predicted octanol–water partition coefficient (Wildman–Crippen LogP) is 1.53. The molecule has 0 aromatic heterocycles. The fourth-order valence-electron chi connectivity index (χ4n) is 2.77. The number of carbonyl (C=O) groups excluding carboxylic acids is 1. The van der Waals surface area contributed by atoms with E-state index in [1.54, 1.807) is 0 Å². The summed E-state index contributed by atoms with van der Waals surface area (Å²) in [5.74, 6) is -0.307. The van der Waals surface area contributed by atoms with Crippen LogP contribution in [0.2, 0.25) is 0 Å². The molecule has 1 aliphatic heterocycles. The number of nitrogens with zero attached hydrogens (tertiary/aromatic N) is 1. The van der Waals surface area contributed by atoms with Crippen molar-refractivity contribution in [3.63, 3.8) is 0 Å². The second-order valence-electron chi connectivity index (χ2n) is 5.44. The van der Waals surface area contributed by atoms with Gasteiger partial charge in [-0.25, -0.2) is 0 Å². The van der Waals surface area contributed by atoms with Crippen molar-refractivity contribution < 1.29 is 4.79 Å². The number of amides is 1. The third-order valence-electron chi connectivity index (χ3n) is 3.92. The Balaban J connectivity index is 2.20. The summed E-state index contributed by atoms with van der Waals surface area (Å²) >= 11 is 0. The van der Waals surface area contributed by atoms with E-state index in [1.807, 2.05) is 12.1 Å². The van der Waals surface area contributed by atoms with Crippen molar-refractivity contribution in [2.45, 2.75) is 32.7 Å². The Kier molecular flexibility index (Phi) is 5.56. The van der Waals surface area contributed by atoms with Gasteiger partial charge in [0.15, 0.2) is 0 Å². The molecule has 4 nitrogen and oxygen atoms in total.